The third-order valence-corrected chi connectivity index (χ3v) is 2.36. The van der Waals surface area contributed by atoms with Crippen molar-refractivity contribution in [3.05, 3.63) is 0 Å². The molecule has 0 aromatic heterocycles. The zero-order valence-corrected chi connectivity index (χ0v) is 7.26. The molecule has 66 valence electrons. The second-order valence-corrected chi connectivity index (χ2v) is 3.33. The van der Waals surface area contributed by atoms with Gasteiger partial charge in [0.15, 0.2) is 0 Å². The first-order valence-corrected chi connectivity index (χ1v) is 4.76. The van der Waals surface area contributed by atoms with Crippen LogP contribution in [-0.2, 0) is 0 Å². The lowest BCUT2D eigenvalue weighted by molar-refractivity contribution is 0.184. The second kappa shape index (κ2) is 5.56. The summed E-state index contributed by atoms with van der Waals surface area (Å²) in [5, 5.41) is 8.74. The molecule has 0 bridgehead atoms. The Morgan fingerprint density at radius 1 is 0.909 bits per heavy atom. The lowest BCUT2D eigenvalue weighted by atomic mass is 10.1. The lowest BCUT2D eigenvalue weighted by Crippen LogP contribution is -2.30. The van der Waals surface area contributed by atoms with Gasteiger partial charge >= 0.3 is 0 Å². The maximum atomic E-state index is 8.74. The number of likely N-dealkylation sites (tertiary alicyclic amines) is 1. The number of rotatable bonds is 2. The number of hydrogen-bond donors (Lipinski definition) is 1. The van der Waals surface area contributed by atoms with Crippen LogP contribution in [0.2, 0.25) is 0 Å². The van der Waals surface area contributed by atoms with Crippen LogP contribution in [0.3, 0.4) is 0 Å². The highest BCUT2D eigenvalue weighted by atomic mass is 16.3. The van der Waals surface area contributed by atoms with Gasteiger partial charge in [-0.05, 0) is 25.9 Å². The molecule has 1 heterocycles. The third-order valence-electron chi connectivity index (χ3n) is 2.36. The van der Waals surface area contributed by atoms with Gasteiger partial charge in [0.25, 0.3) is 0 Å². The summed E-state index contributed by atoms with van der Waals surface area (Å²) in [5.74, 6) is 0. The van der Waals surface area contributed by atoms with E-state index in [4.69, 9.17) is 5.11 Å². The van der Waals surface area contributed by atoms with E-state index in [0.717, 1.165) is 6.54 Å². The van der Waals surface area contributed by atoms with E-state index in [-0.39, 0.29) is 0 Å². The van der Waals surface area contributed by atoms with Crippen LogP contribution in [0.4, 0.5) is 0 Å². The molecule has 0 unspecified atom stereocenters. The Bertz CT molecular complexity index is 87.6. The van der Waals surface area contributed by atoms with E-state index in [2.05, 4.69) is 4.90 Å². The van der Waals surface area contributed by atoms with Crippen molar-refractivity contribution >= 4 is 0 Å². The van der Waals surface area contributed by atoms with Gasteiger partial charge in [0.2, 0.25) is 0 Å². The first-order chi connectivity index (χ1) is 5.43. The van der Waals surface area contributed by atoms with Gasteiger partial charge < -0.3 is 10.0 Å². The number of hydrogen-bond acceptors (Lipinski definition) is 2. The van der Waals surface area contributed by atoms with E-state index in [1.807, 2.05) is 0 Å². The van der Waals surface area contributed by atoms with Gasteiger partial charge in [-0.2, -0.15) is 0 Å². The van der Waals surface area contributed by atoms with Crippen molar-refractivity contribution in [1.82, 2.24) is 4.90 Å². The molecule has 1 rings (SSSR count). The van der Waals surface area contributed by atoms with E-state index < -0.39 is 0 Å². The molecule has 0 saturated carbocycles. The normalized spacial score (nSPS) is 22.6. The van der Waals surface area contributed by atoms with Crippen LogP contribution in [0.25, 0.3) is 0 Å². The SMILES string of the molecule is OCCN1CCCCCCC1. The average Bonchev–Trinajstić information content (AvgIpc) is 1.94. The second-order valence-electron chi connectivity index (χ2n) is 3.33. The lowest BCUT2D eigenvalue weighted by Gasteiger charge is -2.23. The minimum atomic E-state index is 0.319. The van der Waals surface area contributed by atoms with Crippen LogP contribution < -0.4 is 0 Å². The maximum Gasteiger partial charge on any atom is 0.0558 e. The highest BCUT2D eigenvalue weighted by Crippen LogP contribution is 2.09. The fraction of sp³-hybridized carbons (Fsp3) is 1.00. The van der Waals surface area contributed by atoms with Gasteiger partial charge in [0.05, 0.1) is 6.61 Å². The van der Waals surface area contributed by atoms with Crippen LogP contribution in [-0.4, -0.2) is 36.2 Å². The molecule has 0 aliphatic carbocycles. The minimum absolute atomic E-state index is 0.319. The van der Waals surface area contributed by atoms with Crippen molar-refractivity contribution in [2.24, 2.45) is 0 Å². The van der Waals surface area contributed by atoms with Gasteiger partial charge in [-0.25, -0.2) is 0 Å². The van der Waals surface area contributed by atoms with Gasteiger partial charge in [-0.15, -0.1) is 0 Å². The van der Waals surface area contributed by atoms with Crippen LogP contribution in [0, 0.1) is 0 Å². The Hall–Kier alpha value is -0.0800. The van der Waals surface area contributed by atoms with E-state index >= 15 is 0 Å². The van der Waals surface area contributed by atoms with E-state index in [0.29, 0.717) is 6.61 Å². The minimum Gasteiger partial charge on any atom is -0.395 e. The van der Waals surface area contributed by atoms with Gasteiger partial charge in [-0.3, -0.25) is 0 Å². The first-order valence-electron chi connectivity index (χ1n) is 4.76. The summed E-state index contributed by atoms with van der Waals surface area (Å²) in [6.45, 7) is 3.58. The van der Waals surface area contributed by atoms with Crippen LogP contribution >= 0.6 is 0 Å². The van der Waals surface area contributed by atoms with Gasteiger partial charge in [0.1, 0.15) is 0 Å². The van der Waals surface area contributed by atoms with Crippen molar-refractivity contribution in [3.8, 4) is 0 Å². The summed E-state index contributed by atoms with van der Waals surface area (Å²) < 4.78 is 0. The monoisotopic (exact) mass is 157 g/mol. The molecule has 0 aromatic carbocycles. The van der Waals surface area contributed by atoms with Crippen molar-refractivity contribution < 1.29 is 5.11 Å². The van der Waals surface area contributed by atoms with E-state index in [1.54, 1.807) is 0 Å². The fourth-order valence-electron chi connectivity index (χ4n) is 1.68. The molecule has 1 N–H and O–H groups in total. The zero-order chi connectivity index (χ0) is 7.94. The van der Waals surface area contributed by atoms with Crippen LogP contribution in [0.1, 0.15) is 32.1 Å². The quantitative estimate of drug-likeness (QED) is 0.652. The predicted octanol–water partition coefficient (Wildman–Crippen LogP) is 1.24. The van der Waals surface area contributed by atoms with E-state index in [1.165, 1.54) is 45.2 Å². The molecule has 1 saturated heterocycles. The fourth-order valence-corrected chi connectivity index (χ4v) is 1.68. The highest BCUT2D eigenvalue weighted by Gasteiger charge is 2.05. The van der Waals surface area contributed by atoms with Crippen molar-refractivity contribution in [2.45, 2.75) is 32.1 Å². The molecule has 0 amide bonds. The largest absolute Gasteiger partial charge is 0.395 e. The molecular formula is C9H19NO. The molecule has 0 spiro atoms. The first kappa shape index (κ1) is 9.01. The summed E-state index contributed by atoms with van der Waals surface area (Å²) in [5.41, 5.74) is 0. The Labute approximate surface area is 69.2 Å². The molecule has 1 aliphatic heterocycles. The molecule has 2 heteroatoms. The van der Waals surface area contributed by atoms with Crippen LogP contribution in [0.15, 0.2) is 0 Å². The topological polar surface area (TPSA) is 23.5 Å². The van der Waals surface area contributed by atoms with Crippen molar-refractivity contribution in [1.29, 1.82) is 0 Å². The highest BCUT2D eigenvalue weighted by molar-refractivity contribution is 4.61. The van der Waals surface area contributed by atoms with Crippen molar-refractivity contribution in [3.63, 3.8) is 0 Å². The number of aliphatic hydroxyl groups is 1. The summed E-state index contributed by atoms with van der Waals surface area (Å²) in [4.78, 5) is 2.37. The summed E-state index contributed by atoms with van der Waals surface area (Å²) in [7, 11) is 0. The summed E-state index contributed by atoms with van der Waals surface area (Å²) in [6.07, 6.45) is 6.80. The number of aliphatic hydroxyl groups excluding tert-OH is 1. The summed E-state index contributed by atoms with van der Waals surface area (Å²) >= 11 is 0. The Balaban J connectivity index is 2.15. The van der Waals surface area contributed by atoms with Gasteiger partial charge in [-0.1, -0.05) is 19.3 Å². The molecule has 1 fully saturated rings. The average molecular weight is 157 g/mol. The Kier molecular flexibility index (Phi) is 4.55. The molecule has 0 atom stereocenters. The molecule has 11 heavy (non-hydrogen) atoms. The molecule has 0 radical (unpaired) electrons. The van der Waals surface area contributed by atoms with Gasteiger partial charge in [0, 0.05) is 6.54 Å². The standard InChI is InChI=1S/C9H19NO/c11-9-8-10-6-4-2-1-3-5-7-10/h11H,1-9H2. The van der Waals surface area contributed by atoms with Crippen molar-refractivity contribution in [2.75, 3.05) is 26.2 Å². The third kappa shape index (κ3) is 3.73. The Morgan fingerprint density at radius 2 is 1.45 bits per heavy atom. The molecular weight excluding hydrogens is 138 g/mol. The molecule has 2 nitrogen and oxygen atoms in total. The number of β-amino-alcohol motifs (C(OH)–C–C–N with tert-alkyl or cyclic N) is 1. The van der Waals surface area contributed by atoms with Crippen LogP contribution in [0.5, 0.6) is 0 Å². The maximum absolute atomic E-state index is 8.74. The van der Waals surface area contributed by atoms with E-state index in [9.17, 15) is 0 Å². The predicted molar refractivity (Wildman–Crippen MR) is 46.6 cm³/mol. The molecule has 1 aliphatic rings. The summed E-state index contributed by atoms with van der Waals surface area (Å²) in [6, 6.07) is 0. The molecule has 0 aromatic rings. The Morgan fingerprint density at radius 3 is 2.00 bits per heavy atom. The zero-order valence-electron chi connectivity index (χ0n) is 7.26. The smallest absolute Gasteiger partial charge is 0.0558 e. The number of nitrogens with zero attached hydrogens (tertiary/aromatic N) is 1.